The fraction of sp³-hybridized carbons (Fsp3) is 0.571. The molecule has 0 spiro atoms. The second-order valence-electron chi connectivity index (χ2n) is 5.62. The van der Waals surface area contributed by atoms with Crippen LogP contribution in [0, 0.1) is 6.92 Å². The minimum Gasteiger partial charge on any atom is -0.315 e. The van der Waals surface area contributed by atoms with Gasteiger partial charge in [-0.15, -0.1) is 0 Å². The third-order valence-electron chi connectivity index (χ3n) is 4.29. The predicted molar refractivity (Wildman–Crippen MR) is 82.2 cm³/mol. The summed E-state index contributed by atoms with van der Waals surface area (Å²) in [5.41, 5.74) is 0.950. The molecule has 2 aliphatic rings. The summed E-state index contributed by atoms with van der Waals surface area (Å²) in [6, 6.07) is 5.54. The van der Waals surface area contributed by atoms with Gasteiger partial charge in [-0.25, -0.2) is 8.42 Å². The van der Waals surface area contributed by atoms with Crippen molar-refractivity contribution in [2.75, 3.05) is 13.1 Å². The number of hydrogen-bond acceptors (Lipinski definition) is 3. The van der Waals surface area contributed by atoms with Crippen molar-refractivity contribution >= 4 is 26.0 Å². The lowest BCUT2D eigenvalue weighted by Gasteiger charge is -2.27. The molecule has 2 unspecified atom stereocenters. The Labute approximate surface area is 128 Å². The Morgan fingerprint density at radius 2 is 2.00 bits per heavy atom. The smallest absolute Gasteiger partial charge is 0.243 e. The molecule has 1 aromatic rings. The lowest BCUT2D eigenvalue weighted by Crippen LogP contribution is -2.42. The van der Waals surface area contributed by atoms with Gasteiger partial charge in [0.15, 0.2) is 0 Å². The van der Waals surface area contributed by atoms with Crippen LogP contribution < -0.4 is 5.32 Å². The van der Waals surface area contributed by atoms with E-state index < -0.39 is 10.0 Å². The topological polar surface area (TPSA) is 49.4 Å². The molecule has 20 heavy (non-hydrogen) atoms. The van der Waals surface area contributed by atoms with Gasteiger partial charge in [-0.2, -0.15) is 4.31 Å². The molecular weight excluding hydrogens is 340 g/mol. The van der Waals surface area contributed by atoms with Crippen LogP contribution in [0.15, 0.2) is 27.6 Å². The van der Waals surface area contributed by atoms with Gasteiger partial charge in [0.05, 0.1) is 4.90 Å². The molecule has 0 amide bonds. The maximum Gasteiger partial charge on any atom is 0.243 e. The Bertz CT molecular complexity index is 604. The fourth-order valence-electron chi connectivity index (χ4n) is 3.23. The summed E-state index contributed by atoms with van der Waals surface area (Å²) in [5, 5.41) is 3.34. The van der Waals surface area contributed by atoms with Crippen LogP contribution in [0.5, 0.6) is 0 Å². The molecule has 110 valence electrons. The van der Waals surface area contributed by atoms with Crippen LogP contribution in [0.1, 0.15) is 24.8 Å². The van der Waals surface area contributed by atoms with Crippen molar-refractivity contribution in [1.29, 1.82) is 0 Å². The molecule has 2 atom stereocenters. The van der Waals surface area contributed by atoms with Crippen molar-refractivity contribution in [3.63, 3.8) is 0 Å². The molecule has 0 aromatic heterocycles. The number of halogens is 1. The molecule has 2 saturated heterocycles. The molecular formula is C14H19BrN2O2S. The summed E-state index contributed by atoms with van der Waals surface area (Å²) in [7, 11) is -3.39. The maximum absolute atomic E-state index is 12.9. The summed E-state index contributed by atoms with van der Waals surface area (Å²) in [4.78, 5) is 0.414. The standard InChI is InChI=1S/C14H19BrN2O2S/c1-10-8-13(4-5-14(10)15)20(18,19)17-11-2-3-12(17)9-16-7-6-11/h4-5,8,11-12,16H,2-3,6-7,9H2,1H3. The molecule has 2 fully saturated rings. The largest absolute Gasteiger partial charge is 0.315 e. The Kier molecular flexibility index (Phi) is 3.92. The van der Waals surface area contributed by atoms with Gasteiger partial charge in [0.1, 0.15) is 0 Å². The van der Waals surface area contributed by atoms with Crippen LogP contribution in [-0.2, 0) is 10.0 Å². The zero-order valence-corrected chi connectivity index (χ0v) is 13.9. The van der Waals surface area contributed by atoms with E-state index in [0.717, 1.165) is 42.4 Å². The monoisotopic (exact) mass is 358 g/mol. The number of benzene rings is 1. The van der Waals surface area contributed by atoms with Gasteiger partial charge < -0.3 is 5.32 Å². The SMILES string of the molecule is Cc1cc(S(=O)(=O)N2C3CCNCC2CC3)ccc1Br. The second kappa shape index (κ2) is 5.40. The molecule has 1 aromatic carbocycles. The van der Waals surface area contributed by atoms with E-state index in [4.69, 9.17) is 0 Å². The zero-order chi connectivity index (χ0) is 14.3. The van der Waals surface area contributed by atoms with Gasteiger partial charge in [0.2, 0.25) is 10.0 Å². The van der Waals surface area contributed by atoms with E-state index in [2.05, 4.69) is 21.2 Å². The maximum atomic E-state index is 12.9. The first-order valence-corrected chi connectivity index (χ1v) is 9.24. The van der Waals surface area contributed by atoms with E-state index in [9.17, 15) is 8.42 Å². The number of nitrogens with one attached hydrogen (secondary N) is 1. The Morgan fingerprint density at radius 3 is 2.75 bits per heavy atom. The summed E-state index contributed by atoms with van der Waals surface area (Å²) >= 11 is 3.42. The van der Waals surface area contributed by atoms with Gasteiger partial charge in [-0.3, -0.25) is 0 Å². The highest BCUT2D eigenvalue weighted by atomic mass is 79.9. The molecule has 6 heteroatoms. The Morgan fingerprint density at radius 1 is 1.25 bits per heavy atom. The van der Waals surface area contributed by atoms with Gasteiger partial charge >= 0.3 is 0 Å². The van der Waals surface area contributed by atoms with Gasteiger partial charge in [-0.1, -0.05) is 15.9 Å². The number of fused-ring (bicyclic) bond motifs is 2. The number of rotatable bonds is 2. The fourth-order valence-corrected chi connectivity index (χ4v) is 5.46. The molecule has 3 rings (SSSR count). The van der Waals surface area contributed by atoms with E-state index in [1.807, 2.05) is 13.0 Å². The highest BCUT2D eigenvalue weighted by Gasteiger charge is 2.42. The normalized spacial score (nSPS) is 27.5. The average Bonchev–Trinajstić information content (AvgIpc) is 2.66. The molecule has 2 heterocycles. The van der Waals surface area contributed by atoms with E-state index >= 15 is 0 Å². The summed E-state index contributed by atoms with van der Waals surface area (Å²) in [6.45, 7) is 3.60. The minimum atomic E-state index is -3.39. The highest BCUT2D eigenvalue weighted by Crippen LogP contribution is 2.34. The van der Waals surface area contributed by atoms with Gasteiger partial charge in [-0.05, 0) is 56.5 Å². The number of nitrogens with zero attached hydrogens (tertiary/aromatic N) is 1. The zero-order valence-electron chi connectivity index (χ0n) is 11.5. The lowest BCUT2D eigenvalue weighted by molar-refractivity contribution is 0.334. The number of aryl methyl sites for hydroxylation is 1. The van der Waals surface area contributed by atoms with Crippen LogP contribution in [0.3, 0.4) is 0 Å². The molecule has 0 saturated carbocycles. The van der Waals surface area contributed by atoms with Crippen molar-refractivity contribution in [1.82, 2.24) is 9.62 Å². The Balaban J connectivity index is 2.00. The first-order valence-electron chi connectivity index (χ1n) is 7.00. The van der Waals surface area contributed by atoms with Gasteiger partial charge in [0.25, 0.3) is 0 Å². The van der Waals surface area contributed by atoms with Crippen molar-refractivity contribution in [3.05, 3.63) is 28.2 Å². The van der Waals surface area contributed by atoms with Crippen LogP contribution in [-0.4, -0.2) is 37.9 Å². The molecule has 2 bridgehead atoms. The van der Waals surface area contributed by atoms with Crippen molar-refractivity contribution in [2.45, 2.75) is 43.2 Å². The summed E-state index contributed by atoms with van der Waals surface area (Å²) in [6.07, 6.45) is 2.86. The highest BCUT2D eigenvalue weighted by molar-refractivity contribution is 9.10. The summed E-state index contributed by atoms with van der Waals surface area (Å²) < 4.78 is 28.6. The summed E-state index contributed by atoms with van der Waals surface area (Å²) in [5.74, 6) is 0. The van der Waals surface area contributed by atoms with Crippen LogP contribution in [0.2, 0.25) is 0 Å². The predicted octanol–water partition coefficient (Wildman–Crippen LogP) is 2.27. The van der Waals surface area contributed by atoms with Crippen LogP contribution in [0.4, 0.5) is 0 Å². The first-order chi connectivity index (χ1) is 9.50. The van der Waals surface area contributed by atoms with Gasteiger partial charge in [0, 0.05) is 23.1 Å². The lowest BCUT2D eigenvalue weighted by atomic mass is 10.1. The van der Waals surface area contributed by atoms with E-state index in [1.54, 1.807) is 16.4 Å². The van der Waals surface area contributed by atoms with Crippen molar-refractivity contribution < 1.29 is 8.42 Å². The third-order valence-corrected chi connectivity index (χ3v) is 7.18. The molecule has 1 N–H and O–H groups in total. The van der Waals surface area contributed by atoms with E-state index in [1.165, 1.54) is 0 Å². The molecule has 0 aliphatic carbocycles. The number of hydrogen-bond donors (Lipinski definition) is 1. The van der Waals surface area contributed by atoms with Crippen LogP contribution in [0.25, 0.3) is 0 Å². The quantitative estimate of drug-likeness (QED) is 0.882. The second-order valence-corrected chi connectivity index (χ2v) is 8.32. The Hall–Kier alpha value is -0.430. The van der Waals surface area contributed by atoms with Crippen molar-refractivity contribution in [3.8, 4) is 0 Å². The molecule has 4 nitrogen and oxygen atoms in total. The molecule has 0 radical (unpaired) electrons. The van der Waals surface area contributed by atoms with E-state index in [0.29, 0.717) is 4.90 Å². The minimum absolute atomic E-state index is 0.108. The average molecular weight is 359 g/mol. The number of sulfonamides is 1. The van der Waals surface area contributed by atoms with E-state index in [-0.39, 0.29) is 12.1 Å². The third kappa shape index (κ3) is 2.43. The van der Waals surface area contributed by atoms with Crippen LogP contribution >= 0.6 is 15.9 Å². The first kappa shape index (κ1) is 14.5. The molecule has 2 aliphatic heterocycles. The van der Waals surface area contributed by atoms with Crippen molar-refractivity contribution in [2.24, 2.45) is 0 Å².